The molecule has 180 valence electrons. The highest BCUT2D eigenvalue weighted by molar-refractivity contribution is 5.86. The number of pyridine rings is 1. The third-order valence-electron chi connectivity index (χ3n) is 6.69. The van der Waals surface area contributed by atoms with Gasteiger partial charge < -0.3 is 9.88 Å². The van der Waals surface area contributed by atoms with E-state index in [1.807, 2.05) is 24.3 Å². The van der Waals surface area contributed by atoms with E-state index in [1.165, 1.54) is 27.6 Å². The van der Waals surface area contributed by atoms with Crippen LogP contribution in [0, 0.1) is 6.92 Å². The molecule has 4 heteroatoms. The first-order valence-electron chi connectivity index (χ1n) is 12.5. The molecule has 1 N–H and O–H groups in total. The number of aromatic nitrogens is 2. The summed E-state index contributed by atoms with van der Waals surface area (Å²) in [6.45, 7) is 3.46. The van der Waals surface area contributed by atoms with Crippen molar-refractivity contribution in [2.24, 2.45) is 0 Å². The van der Waals surface area contributed by atoms with Gasteiger partial charge in [0.15, 0.2) is 0 Å². The summed E-state index contributed by atoms with van der Waals surface area (Å²) < 4.78 is 2.31. The van der Waals surface area contributed by atoms with Crippen molar-refractivity contribution < 1.29 is 4.79 Å². The summed E-state index contributed by atoms with van der Waals surface area (Å²) in [5, 5.41) is 4.32. The van der Waals surface area contributed by atoms with Crippen LogP contribution < -0.4 is 5.32 Å². The minimum absolute atomic E-state index is 0.0395. The number of fused-ring (bicyclic) bond motifs is 1. The van der Waals surface area contributed by atoms with E-state index in [0.29, 0.717) is 13.0 Å². The number of carbonyl (C=O) groups is 1. The van der Waals surface area contributed by atoms with Gasteiger partial charge in [-0.3, -0.25) is 9.78 Å². The van der Waals surface area contributed by atoms with Crippen molar-refractivity contribution in [3.8, 4) is 0 Å². The average molecular weight is 474 g/mol. The summed E-state index contributed by atoms with van der Waals surface area (Å²) >= 11 is 0. The van der Waals surface area contributed by atoms with E-state index in [9.17, 15) is 4.79 Å². The van der Waals surface area contributed by atoms with Gasteiger partial charge in [-0.25, -0.2) is 0 Å². The number of amides is 1. The zero-order valence-corrected chi connectivity index (χ0v) is 20.6. The summed E-state index contributed by atoms with van der Waals surface area (Å²) in [6, 6.07) is 33.4. The molecule has 0 aliphatic heterocycles. The molecule has 0 spiro atoms. The van der Waals surface area contributed by atoms with E-state index >= 15 is 0 Å². The molecule has 0 bridgehead atoms. The molecule has 5 rings (SSSR count). The van der Waals surface area contributed by atoms with Gasteiger partial charge in [0.05, 0.1) is 0 Å². The Kier molecular flexibility index (Phi) is 7.23. The van der Waals surface area contributed by atoms with E-state index in [-0.39, 0.29) is 11.8 Å². The van der Waals surface area contributed by atoms with Crippen LogP contribution in [0.25, 0.3) is 10.9 Å². The maximum Gasteiger partial charge on any atom is 0.220 e. The molecule has 4 nitrogen and oxygen atoms in total. The van der Waals surface area contributed by atoms with Gasteiger partial charge in [-0.1, -0.05) is 84.4 Å². The minimum atomic E-state index is -0.0395. The fourth-order valence-corrected chi connectivity index (χ4v) is 4.80. The Labute approximate surface area is 212 Å². The van der Waals surface area contributed by atoms with Crippen molar-refractivity contribution in [1.82, 2.24) is 14.9 Å². The highest BCUT2D eigenvalue weighted by atomic mass is 16.1. The highest BCUT2D eigenvalue weighted by Crippen LogP contribution is 2.35. The molecule has 1 amide bonds. The number of nitrogens with zero attached hydrogens (tertiary/aromatic N) is 2. The summed E-state index contributed by atoms with van der Waals surface area (Å²) in [5.74, 6) is 0.0128. The molecular weight excluding hydrogens is 442 g/mol. The highest BCUT2D eigenvalue weighted by Gasteiger charge is 2.23. The van der Waals surface area contributed by atoms with Crippen LogP contribution in [0.1, 0.15) is 40.3 Å². The van der Waals surface area contributed by atoms with Gasteiger partial charge in [0.25, 0.3) is 0 Å². The Hall–Kier alpha value is -4.18. The summed E-state index contributed by atoms with van der Waals surface area (Å²) in [7, 11) is 0. The van der Waals surface area contributed by atoms with Crippen molar-refractivity contribution in [3.63, 3.8) is 0 Å². The zero-order chi connectivity index (χ0) is 24.7. The number of aryl methyl sites for hydroxylation is 1. The number of rotatable bonds is 9. The molecule has 3 aromatic carbocycles. The normalized spacial score (nSPS) is 11.9. The number of nitrogens with one attached hydrogen (secondary N) is 1. The van der Waals surface area contributed by atoms with Crippen molar-refractivity contribution in [1.29, 1.82) is 0 Å². The number of hydrogen-bond acceptors (Lipinski definition) is 2. The fraction of sp³-hybridized carbons (Fsp3) is 0.188. The van der Waals surface area contributed by atoms with Gasteiger partial charge in [0, 0.05) is 60.8 Å². The molecule has 36 heavy (non-hydrogen) atoms. The van der Waals surface area contributed by atoms with Crippen LogP contribution in [0.5, 0.6) is 0 Å². The number of benzene rings is 3. The summed E-state index contributed by atoms with van der Waals surface area (Å²) in [5.41, 5.74) is 6.97. The first kappa shape index (κ1) is 23.6. The smallest absolute Gasteiger partial charge is 0.220 e. The lowest BCUT2D eigenvalue weighted by atomic mass is 9.87. The van der Waals surface area contributed by atoms with Crippen LogP contribution >= 0.6 is 0 Å². The standard InChI is InChI=1S/C32H31N3O/c1-24-14-16-26(17-15-24)29(21-32(36)34-20-18-27-11-7-8-19-33-27)30-23-35(22-25-9-3-2-4-10-25)31-13-6-5-12-28(30)31/h2-17,19,23,29H,18,20-22H2,1H3,(H,34,36)/t29-/m1/s1. The van der Waals surface area contributed by atoms with Crippen LogP contribution in [0.2, 0.25) is 0 Å². The second kappa shape index (κ2) is 11.0. The molecular formula is C32H31N3O. The first-order valence-corrected chi connectivity index (χ1v) is 12.5. The fourth-order valence-electron chi connectivity index (χ4n) is 4.80. The van der Waals surface area contributed by atoms with Crippen LogP contribution in [0.3, 0.4) is 0 Å². The molecule has 0 aliphatic carbocycles. The molecule has 0 saturated heterocycles. The van der Waals surface area contributed by atoms with Crippen molar-refractivity contribution in [3.05, 3.63) is 137 Å². The Morgan fingerprint density at radius 2 is 1.64 bits per heavy atom. The van der Waals surface area contributed by atoms with Crippen LogP contribution in [-0.2, 0) is 17.8 Å². The Morgan fingerprint density at radius 3 is 2.42 bits per heavy atom. The maximum absolute atomic E-state index is 13.2. The number of carbonyl (C=O) groups excluding carboxylic acids is 1. The maximum atomic E-state index is 13.2. The quantitative estimate of drug-likeness (QED) is 0.274. The Bertz CT molecular complexity index is 1420. The van der Waals surface area contributed by atoms with E-state index in [0.717, 1.165) is 24.2 Å². The van der Waals surface area contributed by atoms with Crippen molar-refractivity contribution >= 4 is 16.8 Å². The molecule has 2 aromatic heterocycles. The lowest BCUT2D eigenvalue weighted by Gasteiger charge is -2.18. The molecule has 0 unspecified atom stereocenters. The topological polar surface area (TPSA) is 46.9 Å². The van der Waals surface area contributed by atoms with Gasteiger partial charge in [0.1, 0.15) is 0 Å². The summed E-state index contributed by atoms with van der Waals surface area (Å²) in [4.78, 5) is 17.5. The van der Waals surface area contributed by atoms with Gasteiger partial charge in [0.2, 0.25) is 5.91 Å². The predicted octanol–water partition coefficient (Wildman–Crippen LogP) is 6.27. The zero-order valence-electron chi connectivity index (χ0n) is 20.6. The van der Waals surface area contributed by atoms with Gasteiger partial charge >= 0.3 is 0 Å². The lowest BCUT2D eigenvalue weighted by Crippen LogP contribution is -2.27. The van der Waals surface area contributed by atoms with E-state index in [1.54, 1.807) is 6.20 Å². The Balaban J connectivity index is 1.44. The molecule has 0 saturated carbocycles. The monoisotopic (exact) mass is 473 g/mol. The predicted molar refractivity (Wildman–Crippen MR) is 146 cm³/mol. The van der Waals surface area contributed by atoms with Gasteiger partial charge in [-0.2, -0.15) is 0 Å². The molecule has 2 heterocycles. The molecule has 0 fully saturated rings. The minimum Gasteiger partial charge on any atom is -0.356 e. The first-order chi connectivity index (χ1) is 17.7. The largest absolute Gasteiger partial charge is 0.356 e. The van der Waals surface area contributed by atoms with Crippen LogP contribution in [-0.4, -0.2) is 22.0 Å². The third-order valence-corrected chi connectivity index (χ3v) is 6.69. The number of hydrogen-bond donors (Lipinski definition) is 1. The molecule has 0 aliphatic rings. The molecule has 0 radical (unpaired) electrons. The van der Waals surface area contributed by atoms with Crippen LogP contribution in [0.4, 0.5) is 0 Å². The van der Waals surface area contributed by atoms with E-state index in [4.69, 9.17) is 0 Å². The van der Waals surface area contributed by atoms with E-state index < -0.39 is 0 Å². The van der Waals surface area contributed by atoms with Crippen molar-refractivity contribution in [2.75, 3.05) is 6.54 Å². The number of para-hydroxylation sites is 1. The second-order valence-corrected chi connectivity index (χ2v) is 9.30. The van der Waals surface area contributed by atoms with E-state index in [2.05, 4.69) is 101 Å². The van der Waals surface area contributed by atoms with Gasteiger partial charge in [-0.05, 0) is 41.8 Å². The lowest BCUT2D eigenvalue weighted by molar-refractivity contribution is -0.121. The van der Waals surface area contributed by atoms with Crippen LogP contribution in [0.15, 0.2) is 109 Å². The second-order valence-electron chi connectivity index (χ2n) is 9.30. The Morgan fingerprint density at radius 1 is 0.889 bits per heavy atom. The SMILES string of the molecule is Cc1ccc([C@@H](CC(=O)NCCc2ccccn2)c2cn(Cc3ccccc3)c3ccccc23)cc1. The van der Waals surface area contributed by atoms with Crippen molar-refractivity contribution in [2.45, 2.75) is 32.2 Å². The summed E-state index contributed by atoms with van der Waals surface area (Å²) in [6.07, 6.45) is 5.14. The third kappa shape index (κ3) is 5.55. The van der Waals surface area contributed by atoms with Gasteiger partial charge in [-0.15, -0.1) is 0 Å². The molecule has 5 aromatic rings. The average Bonchev–Trinajstić information content (AvgIpc) is 3.27. The molecule has 1 atom stereocenters.